The summed E-state index contributed by atoms with van der Waals surface area (Å²) in [6.45, 7) is 1.68. The van der Waals surface area contributed by atoms with E-state index >= 15 is 0 Å². The highest BCUT2D eigenvalue weighted by Gasteiger charge is 2.33. The minimum atomic E-state index is -4.47. The van der Waals surface area contributed by atoms with Crippen molar-refractivity contribution in [3.8, 4) is 0 Å². The third-order valence-corrected chi connectivity index (χ3v) is 4.26. The molecule has 1 aromatic heterocycles. The van der Waals surface area contributed by atoms with Gasteiger partial charge in [0.25, 0.3) is 5.91 Å². The molecule has 0 atom stereocenters. The van der Waals surface area contributed by atoms with Gasteiger partial charge < -0.3 is 9.80 Å². The molecule has 1 aliphatic heterocycles. The summed E-state index contributed by atoms with van der Waals surface area (Å²) >= 11 is 5.82. The summed E-state index contributed by atoms with van der Waals surface area (Å²) in [6.07, 6.45) is -4.47. The van der Waals surface area contributed by atoms with Crippen LogP contribution < -0.4 is 4.90 Å². The molecule has 1 amide bonds. The van der Waals surface area contributed by atoms with Gasteiger partial charge in [-0.25, -0.2) is 4.98 Å². The Labute approximate surface area is 147 Å². The van der Waals surface area contributed by atoms with Crippen LogP contribution in [0.25, 0.3) is 0 Å². The Morgan fingerprint density at radius 3 is 2.24 bits per heavy atom. The molecular formula is C17H15ClF3N3O. The molecule has 2 aromatic rings. The molecule has 25 heavy (non-hydrogen) atoms. The van der Waals surface area contributed by atoms with E-state index in [0.717, 1.165) is 6.07 Å². The number of carbonyl (C=O) groups excluding carboxylic acids is 1. The molecule has 2 heterocycles. The van der Waals surface area contributed by atoms with Gasteiger partial charge in [0.15, 0.2) is 0 Å². The van der Waals surface area contributed by atoms with Gasteiger partial charge in [-0.1, -0.05) is 17.7 Å². The second kappa shape index (κ2) is 6.92. The average Bonchev–Trinajstić information content (AvgIpc) is 2.61. The highest BCUT2D eigenvalue weighted by Crippen LogP contribution is 2.29. The van der Waals surface area contributed by atoms with Crippen LogP contribution in [-0.2, 0) is 6.18 Å². The van der Waals surface area contributed by atoms with Gasteiger partial charge in [-0.15, -0.1) is 0 Å². The number of rotatable bonds is 2. The molecule has 3 rings (SSSR count). The van der Waals surface area contributed by atoms with Crippen LogP contribution in [0, 0.1) is 0 Å². The number of benzene rings is 1. The SMILES string of the molecule is O=C(c1ccc(Cl)cc1)N1CCN(c2cccc(C(F)(F)F)n2)CC1. The fraction of sp³-hybridized carbons (Fsp3) is 0.294. The molecule has 0 aliphatic carbocycles. The zero-order valence-corrected chi connectivity index (χ0v) is 13.9. The summed E-state index contributed by atoms with van der Waals surface area (Å²) in [5, 5.41) is 0.553. The Bertz CT molecular complexity index is 756. The van der Waals surface area contributed by atoms with Crippen LogP contribution in [0.4, 0.5) is 19.0 Å². The number of hydrogen-bond donors (Lipinski definition) is 0. The van der Waals surface area contributed by atoms with Crippen molar-refractivity contribution in [3.63, 3.8) is 0 Å². The van der Waals surface area contributed by atoms with Gasteiger partial charge in [0.1, 0.15) is 11.5 Å². The molecule has 0 spiro atoms. The molecule has 0 saturated carbocycles. The molecule has 1 saturated heterocycles. The minimum absolute atomic E-state index is 0.117. The molecular weight excluding hydrogens is 355 g/mol. The zero-order valence-electron chi connectivity index (χ0n) is 13.1. The predicted molar refractivity (Wildman–Crippen MR) is 88.8 cm³/mol. The van der Waals surface area contributed by atoms with Crippen LogP contribution in [0.1, 0.15) is 16.1 Å². The first-order valence-corrected chi connectivity index (χ1v) is 8.06. The van der Waals surface area contributed by atoms with Crippen molar-refractivity contribution in [3.05, 3.63) is 58.7 Å². The number of piperazine rings is 1. The third kappa shape index (κ3) is 4.04. The highest BCUT2D eigenvalue weighted by molar-refractivity contribution is 6.30. The summed E-state index contributed by atoms with van der Waals surface area (Å²) in [6, 6.07) is 10.5. The molecule has 0 N–H and O–H groups in total. The zero-order chi connectivity index (χ0) is 18.0. The molecule has 4 nitrogen and oxygen atoms in total. The van der Waals surface area contributed by atoms with E-state index in [4.69, 9.17) is 11.6 Å². The van der Waals surface area contributed by atoms with Crippen molar-refractivity contribution in [1.29, 1.82) is 0 Å². The maximum absolute atomic E-state index is 12.8. The van der Waals surface area contributed by atoms with Crippen LogP contribution in [0.5, 0.6) is 0 Å². The lowest BCUT2D eigenvalue weighted by Crippen LogP contribution is -2.49. The molecule has 1 aromatic carbocycles. The van der Waals surface area contributed by atoms with Gasteiger partial charge in [0, 0.05) is 36.8 Å². The van der Waals surface area contributed by atoms with Crippen LogP contribution in [-0.4, -0.2) is 42.0 Å². The number of nitrogens with zero attached hydrogens (tertiary/aromatic N) is 3. The number of hydrogen-bond acceptors (Lipinski definition) is 3. The quantitative estimate of drug-likeness (QED) is 0.809. The van der Waals surface area contributed by atoms with E-state index in [1.807, 2.05) is 0 Å². The van der Waals surface area contributed by atoms with Crippen LogP contribution in [0.15, 0.2) is 42.5 Å². The Kier molecular flexibility index (Phi) is 4.85. The van der Waals surface area contributed by atoms with E-state index < -0.39 is 11.9 Å². The van der Waals surface area contributed by atoms with Crippen molar-refractivity contribution in [2.75, 3.05) is 31.1 Å². The fourth-order valence-electron chi connectivity index (χ4n) is 2.67. The number of anilines is 1. The van der Waals surface area contributed by atoms with Crippen molar-refractivity contribution >= 4 is 23.3 Å². The normalized spacial score (nSPS) is 15.4. The Morgan fingerprint density at radius 1 is 1.00 bits per heavy atom. The molecule has 1 fully saturated rings. The second-order valence-electron chi connectivity index (χ2n) is 5.66. The van der Waals surface area contributed by atoms with Crippen LogP contribution >= 0.6 is 11.6 Å². The number of aromatic nitrogens is 1. The van der Waals surface area contributed by atoms with E-state index in [0.29, 0.717) is 36.8 Å². The lowest BCUT2D eigenvalue weighted by atomic mass is 10.2. The van der Waals surface area contributed by atoms with E-state index in [9.17, 15) is 18.0 Å². The Hall–Kier alpha value is -2.28. The Balaban J connectivity index is 1.66. The molecule has 0 radical (unpaired) electrons. The van der Waals surface area contributed by atoms with Crippen LogP contribution in [0.2, 0.25) is 5.02 Å². The van der Waals surface area contributed by atoms with Crippen molar-refractivity contribution in [2.24, 2.45) is 0 Å². The number of halogens is 4. The van der Waals surface area contributed by atoms with E-state index in [1.54, 1.807) is 40.1 Å². The summed E-state index contributed by atoms with van der Waals surface area (Å²) in [5.41, 5.74) is -0.375. The van der Waals surface area contributed by atoms with Crippen molar-refractivity contribution < 1.29 is 18.0 Å². The summed E-state index contributed by atoms with van der Waals surface area (Å²) < 4.78 is 38.3. The Morgan fingerprint density at radius 2 is 1.64 bits per heavy atom. The first-order valence-electron chi connectivity index (χ1n) is 7.68. The monoisotopic (exact) mass is 369 g/mol. The summed E-state index contributed by atoms with van der Waals surface area (Å²) in [4.78, 5) is 19.6. The van der Waals surface area contributed by atoms with Gasteiger partial charge in [0.05, 0.1) is 0 Å². The summed E-state index contributed by atoms with van der Waals surface area (Å²) in [5.74, 6) is 0.154. The highest BCUT2D eigenvalue weighted by atomic mass is 35.5. The average molecular weight is 370 g/mol. The van der Waals surface area contributed by atoms with Crippen molar-refractivity contribution in [2.45, 2.75) is 6.18 Å². The lowest BCUT2D eigenvalue weighted by molar-refractivity contribution is -0.141. The third-order valence-electron chi connectivity index (χ3n) is 4.01. The van der Waals surface area contributed by atoms with Gasteiger partial charge in [-0.05, 0) is 36.4 Å². The smallest absolute Gasteiger partial charge is 0.353 e. The molecule has 1 aliphatic rings. The first-order chi connectivity index (χ1) is 11.8. The minimum Gasteiger partial charge on any atom is -0.353 e. The van der Waals surface area contributed by atoms with E-state index in [1.165, 1.54) is 6.07 Å². The number of carbonyl (C=O) groups is 1. The van der Waals surface area contributed by atoms with Gasteiger partial charge in [0.2, 0.25) is 0 Å². The number of pyridine rings is 1. The second-order valence-corrected chi connectivity index (χ2v) is 6.10. The van der Waals surface area contributed by atoms with E-state index in [2.05, 4.69) is 4.98 Å². The standard InChI is InChI=1S/C17H15ClF3N3O/c18-13-6-4-12(5-7-13)16(25)24-10-8-23(9-11-24)15-3-1-2-14(22-15)17(19,20)21/h1-7H,8-11H2. The molecule has 0 bridgehead atoms. The molecule has 0 unspecified atom stereocenters. The maximum atomic E-state index is 12.8. The predicted octanol–water partition coefficient (Wildman–Crippen LogP) is 3.72. The van der Waals surface area contributed by atoms with Gasteiger partial charge in [-0.3, -0.25) is 4.79 Å². The van der Waals surface area contributed by atoms with Crippen molar-refractivity contribution in [1.82, 2.24) is 9.88 Å². The van der Waals surface area contributed by atoms with E-state index in [-0.39, 0.29) is 11.7 Å². The lowest BCUT2D eigenvalue weighted by Gasteiger charge is -2.35. The maximum Gasteiger partial charge on any atom is 0.433 e. The van der Waals surface area contributed by atoms with Crippen LogP contribution in [0.3, 0.4) is 0 Å². The van der Waals surface area contributed by atoms with Gasteiger partial charge in [-0.2, -0.15) is 13.2 Å². The largest absolute Gasteiger partial charge is 0.433 e. The van der Waals surface area contributed by atoms with Gasteiger partial charge >= 0.3 is 6.18 Å². The molecule has 8 heteroatoms. The molecule has 132 valence electrons. The topological polar surface area (TPSA) is 36.4 Å². The number of alkyl halides is 3. The summed E-state index contributed by atoms with van der Waals surface area (Å²) in [7, 11) is 0. The first kappa shape index (κ1) is 17.5. The fourth-order valence-corrected chi connectivity index (χ4v) is 2.80. The number of amides is 1.